The molecule has 0 radical (unpaired) electrons. The fourth-order valence-corrected chi connectivity index (χ4v) is 1.76. The molecular weight excluding hydrogens is 238 g/mol. The highest BCUT2D eigenvalue weighted by atomic mass is 32.2. The lowest BCUT2D eigenvalue weighted by molar-refractivity contribution is 0.0219. The minimum absolute atomic E-state index is 0.184. The Morgan fingerprint density at radius 2 is 2.06 bits per heavy atom. The van der Waals surface area contributed by atoms with Crippen LogP contribution in [0.4, 0.5) is 5.69 Å². The van der Waals surface area contributed by atoms with E-state index >= 15 is 0 Å². The van der Waals surface area contributed by atoms with Gasteiger partial charge in [0.2, 0.25) is 0 Å². The first kappa shape index (κ1) is 13.3. The Morgan fingerprint density at radius 3 is 2.65 bits per heavy atom. The van der Waals surface area contributed by atoms with Crippen molar-refractivity contribution in [2.75, 3.05) is 5.73 Å². The van der Waals surface area contributed by atoms with Crippen LogP contribution >= 0.6 is 11.8 Å². The second-order valence-electron chi connectivity index (χ2n) is 3.36. The molecule has 0 bridgehead atoms. The molecule has 2 unspecified atom stereocenters. The Hall–Kier alpha value is -1.73. The summed E-state index contributed by atoms with van der Waals surface area (Å²) in [5.41, 5.74) is 6.32. The standard InChI is InChI=1S/C11H11N3O2S/c12-4-3-10(15)11(16)8-5-7(17-6-13)1-2-9(8)14/h1-2,5,10-11,15-16H,3,14H2. The molecule has 0 aliphatic heterocycles. The maximum absolute atomic E-state index is 9.82. The molecule has 88 valence electrons. The predicted octanol–water partition coefficient (Wildman–Crippen LogP) is 1.15. The van der Waals surface area contributed by atoms with Crippen LogP contribution in [-0.2, 0) is 0 Å². The third kappa shape index (κ3) is 3.36. The van der Waals surface area contributed by atoms with E-state index in [4.69, 9.17) is 16.3 Å². The molecule has 0 aliphatic rings. The Balaban J connectivity index is 3.00. The minimum atomic E-state index is -1.23. The molecule has 1 aromatic rings. The molecule has 2 atom stereocenters. The molecule has 0 aliphatic carbocycles. The molecule has 0 heterocycles. The number of aliphatic hydroxyl groups is 2. The molecule has 0 spiro atoms. The summed E-state index contributed by atoms with van der Waals surface area (Å²) >= 11 is 0.933. The first-order valence-corrected chi connectivity index (χ1v) is 5.60. The maximum atomic E-state index is 9.82. The summed E-state index contributed by atoms with van der Waals surface area (Å²) in [6, 6.07) is 6.51. The van der Waals surface area contributed by atoms with Crippen LogP contribution in [0.3, 0.4) is 0 Å². The number of hydrogen-bond acceptors (Lipinski definition) is 6. The molecule has 0 fully saturated rings. The first-order chi connectivity index (χ1) is 8.10. The van der Waals surface area contributed by atoms with Crippen molar-refractivity contribution in [1.29, 1.82) is 10.5 Å². The van der Waals surface area contributed by atoms with Crippen LogP contribution in [0.2, 0.25) is 0 Å². The summed E-state index contributed by atoms with van der Waals surface area (Å²) in [5, 5.41) is 38.2. The number of nitrogen functional groups attached to an aromatic ring is 1. The zero-order valence-corrected chi connectivity index (χ0v) is 9.68. The van der Waals surface area contributed by atoms with Crippen molar-refractivity contribution in [3.05, 3.63) is 23.8 Å². The SMILES string of the molecule is N#CCC(O)C(O)c1cc(SC#N)ccc1N. The van der Waals surface area contributed by atoms with Gasteiger partial charge < -0.3 is 15.9 Å². The van der Waals surface area contributed by atoms with E-state index < -0.39 is 12.2 Å². The van der Waals surface area contributed by atoms with Gasteiger partial charge in [0.25, 0.3) is 0 Å². The van der Waals surface area contributed by atoms with Crippen LogP contribution in [0.25, 0.3) is 0 Å². The first-order valence-electron chi connectivity index (χ1n) is 4.78. The molecule has 4 N–H and O–H groups in total. The van der Waals surface area contributed by atoms with Gasteiger partial charge >= 0.3 is 0 Å². The minimum Gasteiger partial charge on any atom is -0.398 e. The largest absolute Gasteiger partial charge is 0.398 e. The number of rotatable bonds is 4. The van der Waals surface area contributed by atoms with E-state index in [0.29, 0.717) is 16.1 Å². The van der Waals surface area contributed by atoms with E-state index in [-0.39, 0.29) is 6.42 Å². The number of nitrogens with two attached hydrogens (primary N) is 1. The van der Waals surface area contributed by atoms with Gasteiger partial charge in [-0.3, -0.25) is 0 Å². The predicted molar refractivity (Wildman–Crippen MR) is 63.5 cm³/mol. The van der Waals surface area contributed by atoms with Crippen molar-refractivity contribution in [2.45, 2.75) is 23.5 Å². The summed E-state index contributed by atoms with van der Waals surface area (Å²) < 4.78 is 0. The number of nitriles is 2. The second-order valence-corrected chi connectivity index (χ2v) is 4.22. The van der Waals surface area contributed by atoms with Gasteiger partial charge in [0.1, 0.15) is 11.5 Å². The van der Waals surface area contributed by atoms with Crippen molar-refractivity contribution in [1.82, 2.24) is 0 Å². The lowest BCUT2D eigenvalue weighted by Crippen LogP contribution is -2.18. The van der Waals surface area contributed by atoms with Gasteiger partial charge in [-0.2, -0.15) is 10.5 Å². The van der Waals surface area contributed by atoms with Crippen LogP contribution in [0.1, 0.15) is 18.1 Å². The number of hydrogen-bond donors (Lipinski definition) is 3. The van der Waals surface area contributed by atoms with Crippen LogP contribution < -0.4 is 5.73 Å². The van der Waals surface area contributed by atoms with Gasteiger partial charge in [-0.05, 0) is 30.0 Å². The number of nitrogens with zero attached hydrogens (tertiary/aromatic N) is 2. The van der Waals surface area contributed by atoms with Gasteiger partial charge in [0, 0.05) is 16.1 Å². The van der Waals surface area contributed by atoms with E-state index in [0.717, 1.165) is 11.8 Å². The number of anilines is 1. The topological polar surface area (TPSA) is 114 Å². The van der Waals surface area contributed by atoms with Crippen molar-refractivity contribution >= 4 is 17.4 Å². The van der Waals surface area contributed by atoms with Crippen LogP contribution in [0.5, 0.6) is 0 Å². The monoisotopic (exact) mass is 249 g/mol. The summed E-state index contributed by atoms with van der Waals surface area (Å²) in [5.74, 6) is 0. The molecule has 0 aromatic heterocycles. The fourth-order valence-electron chi connectivity index (χ4n) is 1.34. The maximum Gasteiger partial charge on any atom is 0.138 e. The van der Waals surface area contributed by atoms with Gasteiger partial charge in [-0.25, -0.2) is 0 Å². The average molecular weight is 249 g/mol. The lowest BCUT2D eigenvalue weighted by atomic mass is 10.0. The molecule has 1 aromatic carbocycles. The molecule has 0 saturated heterocycles. The summed E-state index contributed by atoms with van der Waals surface area (Å²) in [4.78, 5) is 0.625. The molecule has 17 heavy (non-hydrogen) atoms. The fraction of sp³-hybridized carbons (Fsp3) is 0.273. The quantitative estimate of drug-likeness (QED) is 0.419. The van der Waals surface area contributed by atoms with E-state index in [2.05, 4.69) is 0 Å². The van der Waals surface area contributed by atoms with E-state index in [9.17, 15) is 10.2 Å². The molecular formula is C11H11N3O2S. The van der Waals surface area contributed by atoms with E-state index in [1.54, 1.807) is 18.2 Å². The third-order valence-corrected chi connectivity index (χ3v) is 2.79. The Labute approximate surface area is 103 Å². The highest BCUT2D eigenvalue weighted by molar-refractivity contribution is 8.03. The second kappa shape index (κ2) is 6.12. The van der Waals surface area contributed by atoms with Crippen LogP contribution in [-0.4, -0.2) is 16.3 Å². The molecule has 0 saturated carbocycles. The molecule has 5 nitrogen and oxygen atoms in total. The Bertz CT molecular complexity index is 479. The van der Waals surface area contributed by atoms with E-state index in [1.807, 2.05) is 5.40 Å². The van der Waals surface area contributed by atoms with Crippen molar-refractivity contribution in [3.8, 4) is 11.5 Å². The lowest BCUT2D eigenvalue weighted by Gasteiger charge is -2.17. The normalized spacial score (nSPS) is 13.4. The summed E-state index contributed by atoms with van der Waals surface area (Å²) in [6.07, 6.45) is -2.60. The van der Waals surface area contributed by atoms with Gasteiger partial charge in [-0.1, -0.05) is 0 Å². The zero-order chi connectivity index (χ0) is 12.8. The van der Waals surface area contributed by atoms with E-state index in [1.165, 1.54) is 6.07 Å². The van der Waals surface area contributed by atoms with Crippen LogP contribution in [0.15, 0.2) is 23.1 Å². The summed E-state index contributed by atoms with van der Waals surface area (Å²) in [7, 11) is 0. The number of thioether (sulfide) groups is 1. The highest BCUT2D eigenvalue weighted by Gasteiger charge is 2.20. The number of benzene rings is 1. The molecule has 6 heteroatoms. The zero-order valence-electron chi connectivity index (χ0n) is 8.87. The van der Waals surface area contributed by atoms with Crippen LogP contribution in [0, 0.1) is 22.0 Å². The van der Waals surface area contributed by atoms with Gasteiger partial charge in [0.05, 0.1) is 18.6 Å². The highest BCUT2D eigenvalue weighted by Crippen LogP contribution is 2.29. The molecule has 0 amide bonds. The number of aliphatic hydroxyl groups excluding tert-OH is 2. The Morgan fingerprint density at radius 1 is 1.35 bits per heavy atom. The summed E-state index contributed by atoms with van der Waals surface area (Å²) in [6.45, 7) is 0. The number of thiocyanates is 1. The van der Waals surface area contributed by atoms with Crippen molar-refractivity contribution in [2.24, 2.45) is 0 Å². The van der Waals surface area contributed by atoms with Crippen molar-refractivity contribution < 1.29 is 10.2 Å². The van der Waals surface area contributed by atoms with Gasteiger partial charge in [0.15, 0.2) is 0 Å². The van der Waals surface area contributed by atoms with Gasteiger partial charge in [-0.15, -0.1) is 0 Å². The third-order valence-electron chi connectivity index (χ3n) is 2.21. The average Bonchev–Trinajstić information content (AvgIpc) is 2.31. The molecule has 1 rings (SSSR count). The van der Waals surface area contributed by atoms with Crippen molar-refractivity contribution in [3.63, 3.8) is 0 Å². The smallest absolute Gasteiger partial charge is 0.138 e. The Kier molecular flexibility index (Phi) is 4.80.